The number of carboxylic acids is 1. The molecule has 0 saturated heterocycles. The van der Waals surface area contributed by atoms with Gasteiger partial charge in [-0.15, -0.1) is 16.4 Å². The van der Waals surface area contributed by atoms with E-state index in [4.69, 9.17) is 5.11 Å². The van der Waals surface area contributed by atoms with Crippen molar-refractivity contribution in [1.29, 1.82) is 0 Å². The molecule has 16 heavy (non-hydrogen) atoms. The maximum Gasteiger partial charge on any atom is 0.308 e. The Morgan fingerprint density at radius 2 is 2.50 bits per heavy atom. The highest BCUT2D eigenvalue weighted by Gasteiger charge is 2.17. The molecule has 2 heterocycles. The summed E-state index contributed by atoms with van der Waals surface area (Å²) in [5, 5.41) is 21.7. The number of hydrogen-bond donors (Lipinski definition) is 1. The zero-order valence-corrected chi connectivity index (χ0v) is 9.26. The van der Waals surface area contributed by atoms with Gasteiger partial charge < -0.3 is 5.11 Å². The fraction of sp³-hybridized carbons (Fsp3) is 0.375. The van der Waals surface area contributed by atoms with Gasteiger partial charge in [-0.2, -0.15) is 0 Å². The lowest BCUT2D eigenvalue weighted by atomic mass is 10.2. The van der Waals surface area contributed by atoms with E-state index in [-0.39, 0.29) is 6.54 Å². The van der Waals surface area contributed by atoms with E-state index >= 15 is 0 Å². The first-order valence-electron chi connectivity index (χ1n) is 4.56. The molecular weight excluding hydrogens is 230 g/mol. The smallest absolute Gasteiger partial charge is 0.308 e. The minimum absolute atomic E-state index is 0.231. The molecule has 1 atom stereocenters. The van der Waals surface area contributed by atoms with Crippen molar-refractivity contribution in [3.8, 4) is 11.5 Å². The van der Waals surface area contributed by atoms with Crippen molar-refractivity contribution < 1.29 is 9.90 Å². The molecule has 2 aromatic rings. The number of tetrazole rings is 1. The lowest BCUT2D eigenvalue weighted by Crippen LogP contribution is -2.18. The van der Waals surface area contributed by atoms with Crippen molar-refractivity contribution in [2.45, 2.75) is 13.5 Å². The number of aromatic nitrogens is 5. The molecule has 0 saturated carbocycles. The standard InChI is InChI=1S/C8H9N5O2S/c1-5(8(14)15)2-13-7(10-11-12-13)6-3-16-4-9-6/h3-5H,2H2,1H3,(H,14,15). The molecule has 0 aliphatic heterocycles. The normalized spacial score (nSPS) is 12.6. The highest BCUT2D eigenvalue weighted by Crippen LogP contribution is 2.16. The topological polar surface area (TPSA) is 93.8 Å². The molecule has 1 N–H and O–H groups in total. The Morgan fingerprint density at radius 3 is 3.12 bits per heavy atom. The first-order valence-corrected chi connectivity index (χ1v) is 5.50. The van der Waals surface area contributed by atoms with Crippen molar-refractivity contribution in [3.63, 3.8) is 0 Å². The zero-order chi connectivity index (χ0) is 11.5. The molecule has 8 heteroatoms. The van der Waals surface area contributed by atoms with Gasteiger partial charge in [-0.05, 0) is 10.4 Å². The van der Waals surface area contributed by atoms with Gasteiger partial charge in [0.2, 0.25) is 5.82 Å². The number of carboxylic acid groups (broad SMARTS) is 1. The molecule has 0 fully saturated rings. The Morgan fingerprint density at radius 1 is 1.69 bits per heavy atom. The van der Waals surface area contributed by atoms with Gasteiger partial charge >= 0.3 is 5.97 Å². The van der Waals surface area contributed by atoms with E-state index in [0.717, 1.165) is 0 Å². The zero-order valence-electron chi connectivity index (χ0n) is 8.44. The van der Waals surface area contributed by atoms with Gasteiger partial charge in [-0.25, -0.2) is 9.67 Å². The first kappa shape index (κ1) is 10.7. The summed E-state index contributed by atoms with van der Waals surface area (Å²) < 4.78 is 1.45. The van der Waals surface area contributed by atoms with Gasteiger partial charge in [0.15, 0.2) is 0 Å². The molecule has 0 aliphatic rings. The third-order valence-electron chi connectivity index (χ3n) is 2.06. The van der Waals surface area contributed by atoms with Gasteiger partial charge in [0.1, 0.15) is 5.69 Å². The Balaban J connectivity index is 2.23. The van der Waals surface area contributed by atoms with Gasteiger partial charge in [0.25, 0.3) is 0 Å². The van der Waals surface area contributed by atoms with Crippen LogP contribution in [0.3, 0.4) is 0 Å². The molecule has 84 valence electrons. The Hall–Kier alpha value is -1.83. The van der Waals surface area contributed by atoms with E-state index < -0.39 is 11.9 Å². The highest BCUT2D eigenvalue weighted by atomic mass is 32.1. The van der Waals surface area contributed by atoms with Crippen LogP contribution in [-0.2, 0) is 11.3 Å². The Bertz CT molecular complexity index is 480. The average molecular weight is 239 g/mol. The minimum atomic E-state index is -0.875. The fourth-order valence-electron chi connectivity index (χ4n) is 1.17. The van der Waals surface area contributed by atoms with Crippen LogP contribution in [0.4, 0.5) is 0 Å². The van der Waals surface area contributed by atoms with Crippen molar-refractivity contribution in [2.24, 2.45) is 5.92 Å². The second kappa shape index (κ2) is 4.35. The third-order valence-corrected chi connectivity index (χ3v) is 2.65. The number of rotatable bonds is 4. The van der Waals surface area contributed by atoms with Crippen LogP contribution in [0.15, 0.2) is 10.9 Å². The number of nitrogens with zero attached hydrogens (tertiary/aromatic N) is 5. The van der Waals surface area contributed by atoms with Crippen molar-refractivity contribution in [1.82, 2.24) is 25.2 Å². The molecule has 2 aromatic heterocycles. The van der Waals surface area contributed by atoms with Crippen LogP contribution in [0.1, 0.15) is 6.92 Å². The van der Waals surface area contributed by atoms with Crippen LogP contribution in [0.5, 0.6) is 0 Å². The molecule has 0 spiro atoms. The predicted molar refractivity (Wildman–Crippen MR) is 55.7 cm³/mol. The largest absolute Gasteiger partial charge is 0.481 e. The van der Waals surface area contributed by atoms with Gasteiger partial charge in [-0.1, -0.05) is 6.92 Å². The molecule has 0 bridgehead atoms. The summed E-state index contributed by atoms with van der Waals surface area (Å²) in [6.07, 6.45) is 0. The molecule has 0 radical (unpaired) electrons. The van der Waals surface area contributed by atoms with E-state index in [1.807, 2.05) is 5.38 Å². The molecular formula is C8H9N5O2S. The Labute approximate surface area is 94.7 Å². The summed E-state index contributed by atoms with van der Waals surface area (Å²) >= 11 is 1.44. The predicted octanol–water partition coefficient (Wildman–Crippen LogP) is 0.517. The molecule has 0 aromatic carbocycles. The Kier molecular flexibility index (Phi) is 2.91. The molecule has 0 amide bonds. The maximum absolute atomic E-state index is 10.7. The molecule has 2 rings (SSSR count). The summed E-state index contributed by atoms with van der Waals surface area (Å²) in [6, 6.07) is 0. The number of aliphatic carboxylic acids is 1. The SMILES string of the molecule is CC(Cn1nnnc1-c1cscn1)C(=O)O. The molecule has 1 unspecified atom stereocenters. The second-order valence-electron chi connectivity index (χ2n) is 3.30. The van der Waals surface area contributed by atoms with E-state index in [1.165, 1.54) is 16.0 Å². The van der Waals surface area contributed by atoms with Gasteiger partial charge in [0.05, 0.1) is 18.0 Å². The van der Waals surface area contributed by atoms with Crippen LogP contribution >= 0.6 is 11.3 Å². The van der Waals surface area contributed by atoms with Crippen LogP contribution < -0.4 is 0 Å². The number of hydrogen-bond acceptors (Lipinski definition) is 6. The monoisotopic (exact) mass is 239 g/mol. The summed E-state index contributed by atoms with van der Waals surface area (Å²) in [5.41, 5.74) is 2.34. The summed E-state index contributed by atoms with van der Waals surface area (Å²) in [7, 11) is 0. The van der Waals surface area contributed by atoms with E-state index in [2.05, 4.69) is 20.5 Å². The van der Waals surface area contributed by atoms with E-state index in [9.17, 15) is 4.79 Å². The maximum atomic E-state index is 10.7. The summed E-state index contributed by atoms with van der Waals surface area (Å²) in [6.45, 7) is 1.84. The number of carbonyl (C=O) groups is 1. The first-order chi connectivity index (χ1) is 7.68. The highest BCUT2D eigenvalue weighted by molar-refractivity contribution is 7.07. The fourth-order valence-corrected chi connectivity index (χ4v) is 1.70. The van der Waals surface area contributed by atoms with Gasteiger partial charge in [0, 0.05) is 5.38 Å². The summed E-state index contributed by atoms with van der Waals surface area (Å²) in [5.74, 6) is -0.921. The third kappa shape index (κ3) is 2.06. The van der Waals surface area contributed by atoms with Gasteiger partial charge in [-0.3, -0.25) is 4.79 Å². The van der Waals surface area contributed by atoms with Crippen molar-refractivity contribution >= 4 is 17.3 Å². The quantitative estimate of drug-likeness (QED) is 0.835. The average Bonchev–Trinajstić information content (AvgIpc) is 2.85. The molecule has 0 aliphatic carbocycles. The lowest BCUT2D eigenvalue weighted by Gasteiger charge is -2.06. The van der Waals surface area contributed by atoms with Crippen molar-refractivity contribution in [3.05, 3.63) is 10.9 Å². The van der Waals surface area contributed by atoms with Crippen LogP contribution in [0.2, 0.25) is 0 Å². The summed E-state index contributed by atoms with van der Waals surface area (Å²) in [4.78, 5) is 14.8. The van der Waals surface area contributed by atoms with E-state index in [1.54, 1.807) is 12.4 Å². The number of thiazole rings is 1. The lowest BCUT2D eigenvalue weighted by molar-refractivity contribution is -0.141. The second-order valence-corrected chi connectivity index (χ2v) is 4.02. The molecule has 7 nitrogen and oxygen atoms in total. The van der Waals surface area contributed by atoms with E-state index in [0.29, 0.717) is 11.5 Å². The van der Waals surface area contributed by atoms with Crippen molar-refractivity contribution in [2.75, 3.05) is 0 Å². The minimum Gasteiger partial charge on any atom is -0.481 e. The van der Waals surface area contributed by atoms with Crippen LogP contribution in [0, 0.1) is 5.92 Å². The van der Waals surface area contributed by atoms with Crippen LogP contribution in [-0.4, -0.2) is 36.3 Å². The van der Waals surface area contributed by atoms with Crippen LogP contribution in [0.25, 0.3) is 11.5 Å².